The number of nitrogens with two attached hydrogens (primary N) is 1. The van der Waals surface area contributed by atoms with Crippen molar-refractivity contribution in [1.82, 2.24) is 10.6 Å². The molecule has 42 heavy (non-hydrogen) atoms. The average Bonchev–Trinajstić information content (AvgIpc) is 2.93. The van der Waals surface area contributed by atoms with Gasteiger partial charge in [-0.05, 0) is 101 Å². The van der Waals surface area contributed by atoms with Gasteiger partial charge in [0.25, 0.3) is 5.91 Å². The molecule has 2 amide bonds. The summed E-state index contributed by atoms with van der Waals surface area (Å²) in [5.74, 6) is 1.63. The molecule has 1 aliphatic carbocycles. The number of oxime groups is 1. The number of amides is 2. The van der Waals surface area contributed by atoms with E-state index in [9.17, 15) is 9.59 Å². The highest BCUT2D eigenvalue weighted by Crippen LogP contribution is 2.32. The number of hydrogen-bond donors (Lipinski definition) is 4. The van der Waals surface area contributed by atoms with Gasteiger partial charge in [0.2, 0.25) is 0 Å². The Morgan fingerprint density at radius 3 is 2.00 bits per heavy atom. The van der Waals surface area contributed by atoms with Crippen LogP contribution in [0.25, 0.3) is 0 Å². The lowest BCUT2D eigenvalue weighted by Gasteiger charge is -2.30. The highest BCUT2D eigenvalue weighted by Gasteiger charge is 2.26. The van der Waals surface area contributed by atoms with Crippen molar-refractivity contribution in [2.75, 3.05) is 0 Å². The number of hydrogen-bond acceptors (Lipinski definition) is 7. The molecule has 0 bridgehead atoms. The third kappa shape index (κ3) is 9.13. The Morgan fingerprint density at radius 2 is 1.43 bits per heavy atom. The summed E-state index contributed by atoms with van der Waals surface area (Å²) in [6.45, 7) is 5.48. The van der Waals surface area contributed by atoms with Gasteiger partial charge in [-0.3, -0.25) is 4.79 Å². The minimum Gasteiger partial charge on any atom is -0.457 e. The first kappa shape index (κ1) is 30.7. The maximum Gasteiger partial charge on any atom is 0.407 e. The first-order chi connectivity index (χ1) is 20.0. The first-order valence-corrected chi connectivity index (χ1v) is 14.4. The molecule has 1 saturated carbocycles. The molecule has 0 atom stereocenters. The van der Waals surface area contributed by atoms with Gasteiger partial charge in [0, 0.05) is 33.7 Å². The molecule has 1 aliphatic rings. The number of carbonyl (C=O) groups is 2. The summed E-state index contributed by atoms with van der Waals surface area (Å²) in [5, 5.41) is 17.9. The van der Waals surface area contributed by atoms with Gasteiger partial charge in [0.1, 0.15) is 28.6 Å². The number of benzene rings is 3. The topological polar surface area (TPSA) is 144 Å². The molecule has 0 heterocycles. The van der Waals surface area contributed by atoms with Crippen molar-refractivity contribution in [1.29, 1.82) is 0 Å². The summed E-state index contributed by atoms with van der Waals surface area (Å²) in [7, 11) is 0. The predicted molar refractivity (Wildman–Crippen MR) is 163 cm³/mol. The van der Waals surface area contributed by atoms with E-state index < -0.39 is 11.7 Å². The fraction of sp³-hybridized carbons (Fsp3) is 0.323. The summed E-state index contributed by atoms with van der Waals surface area (Å²) in [6, 6.07) is 19.0. The third-order valence-electron chi connectivity index (χ3n) is 6.45. The van der Waals surface area contributed by atoms with Crippen LogP contribution in [0.3, 0.4) is 0 Å². The molecule has 0 saturated heterocycles. The maximum atomic E-state index is 13.4. The molecule has 0 radical (unpaired) electrons. The van der Waals surface area contributed by atoms with E-state index in [0.29, 0.717) is 34.1 Å². The third-order valence-corrected chi connectivity index (χ3v) is 6.94. The number of halogens is 1. The summed E-state index contributed by atoms with van der Waals surface area (Å²) in [4.78, 5) is 25.5. The number of nitrogens with one attached hydrogen (secondary N) is 2. The number of ether oxygens (including phenoxy) is 3. The van der Waals surface area contributed by atoms with Crippen LogP contribution in [0.2, 0.25) is 0 Å². The minimum atomic E-state index is -0.556. The van der Waals surface area contributed by atoms with Crippen LogP contribution in [-0.2, 0) is 4.74 Å². The van der Waals surface area contributed by atoms with E-state index in [4.69, 9.17) is 25.2 Å². The molecule has 0 spiro atoms. The molecule has 3 aromatic rings. The van der Waals surface area contributed by atoms with Crippen molar-refractivity contribution in [3.63, 3.8) is 0 Å². The highest BCUT2D eigenvalue weighted by molar-refractivity contribution is 9.10. The number of alkyl carbamates (subject to hydrolysis) is 1. The monoisotopic (exact) mass is 638 g/mol. The van der Waals surface area contributed by atoms with E-state index in [1.807, 2.05) is 45.0 Å². The van der Waals surface area contributed by atoms with E-state index >= 15 is 0 Å². The van der Waals surface area contributed by atoms with Crippen LogP contribution in [0.1, 0.15) is 62.4 Å². The molecule has 10 nitrogen and oxygen atoms in total. The Morgan fingerprint density at radius 1 is 0.833 bits per heavy atom. The first-order valence-electron chi connectivity index (χ1n) is 13.6. The second-order valence-electron chi connectivity index (χ2n) is 11.0. The van der Waals surface area contributed by atoms with Crippen LogP contribution in [-0.4, -0.2) is 40.7 Å². The molecule has 0 unspecified atom stereocenters. The molecule has 1 fully saturated rings. The summed E-state index contributed by atoms with van der Waals surface area (Å²) in [5.41, 5.74) is 6.01. The zero-order chi connectivity index (χ0) is 30.3. The lowest BCUT2D eigenvalue weighted by Crippen LogP contribution is -2.45. The van der Waals surface area contributed by atoms with E-state index in [1.54, 1.807) is 42.5 Å². The lowest BCUT2D eigenvalue weighted by atomic mass is 9.91. The van der Waals surface area contributed by atoms with Crippen molar-refractivity contribution in [3.05, 3.63) is 82.3 Å². The normalized spacial score (nSPS) is 17.2. The predicted octanol–water partition coefficient (Wildman–Crippen LogP) is 6.69. The Hall–Kier alpha value is -4.25. The van der Waals surface area contributed by atoms with Crippen molar-refractivity contribution >= 4 is 33.8 Å². The minimum absolute atomic E-state index is 0.000294. The largest absolute Gasteiger partial charge is 0.457 e. The fourth-order valence-corrected chi connectivity index (χ4v) is 4.88. The SMILES string of the molecule is CC(C)(C)OC(=O)NC1CCC(NC(=O)c2cc(Oc3ccc(C(N)=NO)cc3)cc(Oc3cccc(Br)c3)c2)CC1. The van der Waals surface area contributed by atoms with E-state index in [2.05, 4.69) is 31.7 Å². The van der Waals surface area contributed by atoms with Crippen LogP contribution in [0.4, 0.5) is 4.79 Å². The highest BCUT2D eigenvalue weighted by atomic mass is 79.9. The quantitative estimate of drug-likeness (QED) is 0.0930. The fourth-order valence-electron chi connectivity index (χ4n) is 4.50. The molecule has 0 aromatic heterocycles. The molecular formula is C31H35BrN4O6. The number of amidine groups is 1. The van der Waals surface area contributed by atoms with E-state index in [0.717, 1.165) is 30.2 Å². The summed E-state index contributed by atoms with van der Waals surface area (Å²) < 4.78 is 18.3. The molecule has 0 aliphatic heterocycles. The van der Waals surface area contributed by atoms with Crippen LogP contribution in [0.5, 0.6) is 23.0 Å². The van der Waals surface area contributed by atoms with Crippen LogP contribution >= 0.6 is 15.9 Å². The Labute approximate surface area is 253 Å². The summed E-state index contributed by atoms with van der Waals surface area (Å²) >= 11 is 3.45. The van der Waals surface area contributed by atoms with E-state index in [-0.39, 0.29) is 23.8 Å². The van der Waals surface area contributed by atoms with Gasteiger partial charge in [-0.2, -0.15) is 0 Å². The smallest absolute Gasteiger partial charge is 0.407 e. The van der Waals surface area contributed by atoms with Gasteiger partial charge in [-0.15, -0.1) is 0 Å². The molecule has 11 heteroatoms. The molecule has 5 N–H and O–H groups in total. The Balaban J connectivity index is 1.46. The van der Waals surface area contributed by atoms with Gasteiger partial charge in [-0.1, -0.05) is 27.2 Å². The zero-order valence-electron chi connectivity index (χ0n) is 23.7. The Kier molecular flexibility index (Phi) is 9.95. The second kappa shape index (κ2) is 13.6. The molecule has 222 valence electrons. The van der Waals surface area contributed by atoms with E-state index in [1.165, 1.54) is 0 Å². The average molecular weight is 640 g/mol. The summed E-state index contributed by atoms with van der Waals surface area (Å²) in [6.07, 6.45) is 2.47. The van der Waals surface area contributed by atoms with Crippen molar-refractivity contribution in [2.45, 2.75) is 64.1 Å². The standard InChI is InChI=1S/C31H35BrN4O6/c1-31(2,3)42-30(38)35-23-11-9-22(10-12-23)34-29(37)20-15-26(40-24-13-7-19(8-14-24)28(33)36-39)18-27(16-20)41-25-6-4-5-21(32)17-25/h4-8,13-18,22-23,39H,9-12H2,1-3H3,(H2,33,36)(H,34,37)(H,35,38). The molecule has 4 rings (SSSR count). The molecular weight excluding hydrogens is 604 g/mol. The van der Waals surface area contributed by atoms with Crippen LogP contribution < -0.4 is 25.8 Å². The molecule has 3 aromatic carbocycles. The van der Waals surface area contributed by atoms with Gasteiger partial charge in [0.15, 0.2) is 5.84 Å². The number of rotatable bonds is 8. The second-order valence-corrected chi connectivity index (χ2v) is 11.9. The number of nitrogens with zero attached hydrogens (tertiary/aromatic N) is 1. The number of carbonyl (C=O) groups excluding carboxylic acids is 2. The van der Waals surface area contributed by atoms with Crippen molar-refractivity contribution in [3.8, 4) is 23.0 Å². The van der Waals surface area contributed by atoms with Crippen LogP contribution in [0.15, 0.2) is 76.4 Å². The maximum absolute atomic E-state index is 13.4. The van der Waals surface area contributed by atoms with Gasteiger partial charge < -0.3 is 35.8 Å². The van der Waals surface area contributed by atoms with Crippen molar-refractivity contribution in [2.24, 2.45) is 10.9 Å². The Bertz CT molecular complexity index is 1430. The van der Waals surface area contributed by atoms with Crippen LogP contribution in [0, 0.1) is 0 Å². The zero-order valence-corrected chi connectivity index (χ0v) is 25.3. The lowest BCUT2D eigenvalue weighted by molar-refractivity contribution is 0.0488. The van der Waals surface area contributed by atoms with Gasteiger partial charge >= 0.3 is 6.09 Å². The van der Waals surface area contributed by atoms with Gasteiger partial charge in [-0.25, -0.2) is 4.79 Å². The van der Waals surface area contributed by atoms with Gasteiger partial charge in [0.05, 0.1) is 0 Å². The van der Waals surface area contributed by atoms with Crippen molar-refractivity contribution < 1.29 is 29.0 Å².